The second-order valence-corrected chi connectivity index (χ2v) is 25.3. The minimum Gasteiger partial charge on any atom is -0.456 e. The lowest BCUT2D eigenvalue weighted by Gasteiger charge is -2.42. The number of rotatable bonds is 4. The van der Waals surface area contributed by atoms with Gasteiger partial charge in [0, 0.05) is 66.8 Å². The van der Waals surface area contributed by atoms with E-state index in [0.29, 0.717) is 0 Å². The molecular weight excluding hydrogens is 872 g/mol. The molecule has 3 heterocycles. The van der Waals surface area contributed by atoms with Gasteiger partial charge in [0.25, 0.3) is 0 Å². The summed E-state index contributed by atoms with van der Waals surface area (Å²) in [6.07, 6.45) is 2.32. The highest BCUT2D eigenvalue weighted by Crippen LogP contribution is 2.60. The lowest BCUT2D eigenvalue weighted by molar-refractivity contribution is 0.332. The van der Waals surface area contributed by atoms with E-state index >= 15 is 0 Å². The van der Waals surface area contributed by atoms with E-state index in [0.717, 1.165) is 53.8 Å². The number of furan rings is 1. The molecular formula is C68H63BN2O. The molecule has 4 aliphatic rings. The molecule has 0 saturated carbocycles. The van der Waals surface area contributed by atoms with Gasteiger partial charge in [0.1, 0.15) is 11.3 Å². The standard InChI is InChI=1S/C68H63BN2O/c1-64(2,3)40-25-27-41(28-26-40)70-53-35-49-44(42-21-15-17-23-47(42)67(49,8)9)33-45(53)59-58-43-22-16-18-24-48(43)68(10,11)61(58)60-46-34-50-51(66(6,7)30-29-65(50,4)5)36-54(46)71-55-37-57-39(31-52(55)69-62(59)63(60)71)32-56(72-57)38-19-13-12-14-20-38/h12-28,31-37,69-70H,29-30H2,1-11H3. The van der Waals surface area contributed by atoms with Crippen molar-refractivity contribution in [2.24, 2.45) is 0 Å². The fraction of sp³-hybridized carbons (Fsp3) is 0.265. The van der Waals surface area contributed by atoms with E-state index in [1.165, 1.54) is 111 Å². The summed E-state index contributed by atoms with van der Waals surface area (Å²) in [5.41, 5.74) is 28.3. The third-order valence-electron chi connectivity index (χ3n) is 18.2. The predicted molar refractivity (Wildman–Crippen MR) is 307 cm³/mol. The second kappa shape index (κ2) is 14.3. The Bertz CT molecular complexity index is 4000. The fourth-order valence-corrected chi connectivity index (χ4v) is 14.1. The van der Waals surface area contributed by atoms with Gasteiger partial charge in [0.2, 0.25) is 0 Å². The molecule has 10 aromatic rings. The zero-order valence-corrected chi connectivity index (χ0v) is 43.8. The molecule has 0 fully saturated rings. The van der Waals surface area contributed by atoms with E-state index < -0.39 is 0 Å². The van der Waals surface area contributed by atoms with E-state index in [-0.39, 0.29) is 27.1 Å². The van der Waals surface area contributed by atoms with E-state index in [1.54, 1.807) is 0 Å². The Morgan fingerprint density at radius 2 is 1.22 bits per heavy atom. The molecule has 0 radical (unpaired) electrons. The van der Waals surface area contributed by atoms with Gasteiger partial charge < -0.3 is 14.3 Å². The van der Waals surface area contributed by atoms with Crippen LogP contribution in [0.25, 0.3) is 83.2 Å². The first-order chi connectivity index (χ1) is 34.3. The largest absolute Gasteiger partial charge is 0.456 e. The third kappa shape index (κ3) is 5.93. The number of hydrogen-bond acceptors (Lipinski definition) is 2. The van der Waals surface area contributed by atoms with Crippen molar-refractivity contribution < 1.29 is 4.42 Å². The normalized spacial score (nSPS) is 17.0. The third-order valence-corrected chi connectivity index (χ3v) is 18.2. The van der Waals surface area contributed by atoms with Crippen LogP contribution in [0.4, 0.5) is 11.4 Å². The average molecular weight is 935 g/mol. The summed E-state index contributed by atoms with van der Waals surface area (Å²) in [6, 6.07) is 55.6. The van der Waals surface area contributed by atoms with Gasteiger partial charge in [-0.1, -0.05) is 179 Å². The second-order valence-electron chi connectivity index (χ2n) is 25.3. The number of benzene rings is 8. The maximum absolute atomic E-state index is 6.85. The molecule has 72 heavy (non-hydrogen) atoms. The molecule has 4 heteroatoms. The number of aromatic nitrogens is 1. The van der Waals surface area contributed by atoms with Crippen molar-refractivity contribution >= 4 is 62.4 Å². The quantitative estimate of drug-likeness (QED) is 0.178. The summed E-state index contributed by atoms with van der Waals surface area (Å²) in [4.78, 5) is 0. The molecule has 0 unspecified atom stereocenters. The number of nitrogens with one attached hydrogen (secondary N) is 1. The van der Waals surface area contributed by atoms with Crippen LogP contribution in [0.2, 0.25) is 0 Å². The molecule has 0 atom stereocenters. The van der Waals surface area contributed by atoms with Gasteiger partial charge in [-0.15, -0.1) is 0 Å². The molecule has 354 valence electrons. The van der Waals surface area contributed by atoms with Crippen LogP contribution in [0.1, 0.15) is 128 Å². The van der Waals surface area contributed by atoms with Crippen molar-refractivity contribution in [3.05, 3.63) is 185 Å². The Kier molecular flexibility index (Phi) is 8.71. The molecule has 14 rings (SSSR count). The van der Waals surface area contributed by atoms with Gasteiger partial charge >= 0.3 is 0 Å². The Morgan fingerprint density at radius 3 is 1.93 bits per heavy atom. The van der Waals surface area contributed by atoms with Crippen molar-refractivity contribution in [1.82, 2.24) is 4.57 Å². The highest BCUT2D eigenvalue weighted by atomic mass is 16.3. The topological polar surface area (TPSA) is 30.1 Å². The van der Waals surface area contributed by atoms with Crippen molar-refractivity contribution in [1.29, 1.82) is 0 Å². The summed E-state index contributed by atoms with van der Waals surface area (Å²) in [5, 5.41) is 8.03. The van der Waals surface area contributed by atoms with Gasteiger partial charge in [-0.05, 0) is 144 Å². The number of fused-ring (bicyclic) bond motifs is 14. The Morgan fingerprint density at radius 1 is 0.569 bits per heavy atom. The van der Waals surface area contributed by atoms with Crippen LogP contribution >= 0.6 is 0 Å². The van der Waals surface area contributed by atoms with E-state index in [1.807, 2.05) is 0 Å². The first-order valence-electron chi connectivity index (χ1n) is 26.4. The molecule has 3 aliphatic carbocycles. The molecule has 0 saturated heterocycles. The monoisotopic (exact) mass is 935 g/mol. The van der Waals surface area contributed by atoms with E-state index in [9.17, 15) is 0 Å². The van der Waals surface area contributed by atoms with Crippen LogP contribution in [0.15, 0.2) is 150 Å². The molecule has 0 amide bonds. The molecule has 8 aromatic carbocycles. The van der Waals surface area contributed by atoms with Gasteiger partial charge in [0.05, 0.1) is 5.52 Å². The zero-order chi connectivity index (χ0) is 49.6. The molecule has 2 aromatic heterocycles. The molecule has 0 spiro atoms. The Balaban J connectivity index is 1.15. The smallest absolute Gasteiger partial charge is 0.198 e. The van der Waals surface area contributed by atoms with Crippen molar-refractivity contribution in [2.45, 2.75) is 116 Å². The number of anilines is 2. The first-order valence-corrected chi connectivity index (χ1v) is 26.4. The summed E-state index contributed by atoms with van der Waals surface area (Å²) < 4.78 is 9.54. The zero-order valence-electron chi connectivity index (χ0n) is 43.8. The fourth-order valence-electron chi connectivity index (χ4n) is 14.1. The molecule has 3 nitrogen and oxygen atoms in total. The molecule has 0 bridgehead atoms. The maximum atomic E-state index is 6.85. The van der Waals surface area contributed by atoms with Gasteiger partial charge in [-0.25, -0.2) is 0 Å². The highest BCUT2D eigenvalue weighted by molar-refractivity contribution is 6.74. The Hall–Kier alpha value is -7.04. The van der Waals surface area contributed by atoms with Crippen LogP contribution in [0.5, 0.6) is 0 Å². The van der Waals surface area contributed by atoms with Crippen LogP contribution < -0.4 is 16.2 Å². The van der Waals surface area contributed by atoms with Crippen molar-refractivity contribution in [3.63, 3.8) is 0 Å². The SMILES string of the molecule is CC(C)(C)c1ccc(Nc2cc3c(cc2-c2c4c(c5c6cc7c(cc6n6c5c2Bc2cc5cc(-c8ccccc8)oc5cc2-6)C(C)(C)CCC7(C)C)C(C)(C)c2ccccc2-4)-c2ccccc2C3(C)C)cc1. The van der Waals surface area contributed by atoms with Gasteiger partial charge in [0.15, 0.2) is 7.28 Å². The lowest BCUT2D eigenvalue weighted by Crippen LogP contribution is -2.38. The summed E-state index contributed by atoms with van der Waals surface area (Å²) in [7, 11) is 0.782. The minimum absolute atomic E-state index is 0.0361. The Labute approximate surface area is 425 Å². The van der Waals surface area contributed by atoms with Crippen LogP contribution in [0.3, 0.4) is 0 Å². The summed E-state index contributed by atoms with van der Waals surface area (Å²) in [5.74, 6) is 0.900. The summed E-state index contributed by atoms with van der Waals surface area (Å²) in [6.45, 7) is 26.6. The predicted octanol–water partition coefficient (Wildman–Crippen LogP) is 16.6. The first kappa shape index (κ1) is 43.7. The van der Waals surface area contributed by atoms with E-state index in [4.69, 9.17) is 4.42 Å². The maximum Gasteiger partial charge on any atom is 0.198 e. The van der Waals surface area contributed by atoms with Crippen LogP contribution in [-0.2, 0) is 27.1 Å². The minimum atomic E-state index is -0.291. The van der Waals surface area contributed by atoms with Gasteiger partial charge in [-0.2, -0.15) is 0 Å². The van der Waals surface area contributed by atoms with Crippen LogP contribution in [-0.4, -0.2) is 11.8 Å². The number of hydrogen-bond donors (Lipinski definition) is 1. The average Bonchev–Trinajstić information content (AvgIpc) is 4.05. The van der Waals surface area contributed by atoms with Crippen molar-refractivity contribution in [2.75, 3.05) is 5.32 Å². The highest BCUT2D eigenvalue weighted by Gasteiger charge is 2.45. The van der Waals surface area contributed by atoms with Gasteiger partial charge in [-0.3, -0.25) is 0 Å². The van der Waals surface area contributed by atoms with Crippen LogP contribution in [0, 0.1) is 0 Å². The molecule has 1 aliphatic heterocycles. The van der Waals surface area contributed by atoms with E-state index in [2.05, 4.69) is 232 Å². The lowest BCUT2D eigenvalue weighted by atomic mass is 9.57. The molecule has 1 N–H and O–H groups in total. The number of nitrogens with zero attached hydrogens (tertiary/aromatic N) is 1. The van der Waals surface area contributed by atoms with Crippen molar-refractivity contribution in [3.8, 4) is 50.4 Å². The summed E-state index contributed by atoms with van der Waals surface area (Å²) >= 11 is 0.